The summed E-state index contributed by atoms with van der Waals surface area (Å²) in [6.07, 6.45) is 2.91. The van der Waals surface area contributed by atoms with Crippen LogP contribution < -0.4 is 5.32 Å². The Morgan fingerprint density at radius 1 is 1.28 bits per heavy atom. The lowest BCUT2D eigenvalue weighted by molar-refractivity contribution is -0.125. The molecule has 1 N–H and O–H groups in total. The van der Waals surface area contributed by atoms with Crippen LogP contribution in [0.3, 0.4) is 0 Å². The predicted octanol–water partition coefficient (Wildman–Crippen LogP) is 1.38. The van der Waals surface area contributed by atoms with Crippen LogP contribution in [0.1, 0.15) is 40.0 Å². The highest BCUT2D eigenvalue weighted by Gasteiger charge is 2.26. The van der Waals surface area contributed by atoms with E-state index in [1.165, 1.54) is 4.90 Å². The third kappa shape index (κ3) is 5.96. The molecule has 1 amide bonds. The largest absolute Gasteiger partial charge is 0.348 e. The van der Waals surface area contributed by atoms with Gasteiger partial charge in [0.2, 0.25) is 5.91 Å². The Balaban J connectivity index is 4.61. The highest BCUT2D eigenvalue weighted by atomic mass is 32.2. The molecule has 0 aliphatic carbocycles. The lowest BCUT2D eigenvalue weighted by atomic mass is 10.1. The fourth-order valence-corrected chi connectivity index (χ4v) is 3.69. The molecule has 0 fully saturated rings. The second kappa shape index (κ2) is 9.50. The van der Waals surface area contributed by atoms with Crippen LogP contribution >= 0.6 is 0 Å². The lowest BCUT2D eigenvalue weighted by Gasteiger charge is -2.26. The zero-order chi connectivity index (χ0) is 14.1. The van der Waals surface area contributed by atoms with Crippen LogP contribution in [-0.2, 0) is 15.6 Å². The first-order chi connectivity index (χ1) is 8.47. The van der Waals surface area contributed by atoms with Crippen molar-refractivity contribution in [3.63, 3.8) is 0 Å². The number of carbonyl (C=O) groups is 1. The number of rotatable bonds is 9. The molecule has 18 heavy (non-hydrogen) atoms. The summed E-state index contributed by atoms with van der Waals surface area (Å²) in [4.78, 5) is 13.1. The molecule has 5 heteroatoms. The zero-order valence-electron chi connectivity index (χ0n) is 12.4. The van der Waals surface area contributed by atoms with Gasteiger partial charge in [0, 0.05) is 30.9 Å². The van der Waals surface area contributed by atoms with Crippen LogP contribution in [0.5, 0.6) is 0 Å². The molecule has 0 bridgehead atoms. The van der Waals surface area contributed by atoms with Crippen molar-refractivity contribution >= 4 is 16.7 Å². The second-order valence-corrected chi connectivity index (χ2v) is 6.37. The van der Waals surface area contributed by atoms with Gasteiger partial charge in [0.1, 0.15) is 5.75 Å². The molecule has 0 aromatic rings. The Hall–Kier alpha value is -0.420. The lowest BCUT2D eigenvalue weighted by Crippen LogP contribution is -2.44. The van der Waals surface area contributed by atoms with Crippen molar-refractivity contribution in [2.45, 2.75) is 51.3 Å². The van der Waals surface area contributed by atoms with E-state index in [0.29, 0.717) is 0 Å². The van der Waals surface area contributed by atoms with E-state index in [-0.39, 0.29) is 23.0 Å². The highest BCUT2D eigenvalue weighted by molar-refractivity contribution is 7.86. The number of carbonyl (C=O) groups excluding carboxylic acids is 1. The van der Waals surface area contributed by atoms with E-state index >= 15 is 0 Å². The van der Waals surface area contributed by atoms with Gasteiger partial charge in [-0.25, -0.2) is 0 Å². The maximum Gasteiger partial charge on any atom is 0.234 e. The number of nitrogens with zero attached hydrogens (tertiary/aromatic N) is 1. The SMILES string of the molecule is CCCC(NCC)C(CC)S(=O)CC(=O)N(C)C. The number of amides is 1. The van der Waals surface area contributed by atoms with Crippen molar-refractivity contribution in [3.05, 3.63) is 0 Å². The molecule has 0 aromatic heterocycles. The third-order valence-electron chi connectivity index (χ3n) is 3.02. The van der Waals surface area contributed by atoms with Crippen LogP contribution in [0.15, 0.2) is 0 Å². The molecule has 0 radical (unpaired) electrons. The zero-order valence-corrected chi connectivity index (χ0v) is 13.2. The molecule has 0 aliphatic heterocycles. The number of hydrogen-bond acceptors (Lipinski definition) is 3. The average Bonchev–Trinajstić information content (AvgIpc) is 2.30. The first kappa shape index (κ1) is 17.6. The van der Waals surface area contributed by atoms with Gasteiger partial charge in [-0.15, -0.1) is 0 Å². The van der Waals surface area contributed by atoms with E-state index in [2.05, 4.69) is 19.2 Å². The van der Waals surface area contributed by atoms with Crippen LogP contribution in [0, 0.1) is 0 Å². The van der Waals surface area contributed by atoms with Gasteiger partial charge >= 0.3 is 0 Å². The van der Waals surface area contributed by atoms with Gasteiger partial charge in [-0.1, -0.05) is 27.2 Å². The molecule has 4 nitrogen and oxygen atoms in total. The van der Waals surface area contributed by atoms with Crippen LogP contribution in [0.4, 0.5) is 0 Å². The van der Waals surface area contributed by atoms with E-state index in [1.54, 1.807) is 14.1 Å². The summed E-state index contributed by atoms with van der Waals surface area (Å²) in [5.74, 6) is 0.0791. The second-order valence-electron chi connectivity index (χ2n) is 4.71. The van der Waals surface area contributed by atoms with Crippen LogP contribution in [-0.4, -0.2) is 52.7 Å². The molecule has 0 aliphatic rings. The van der Waals surface area contributed by atoms with E-state index in [1.807, 2.05) is 6.92 Å². The van der Waals surface area contributed by atoms with E-state index in [4.69, 9.17) is 0 Å². The van der Waals surface area contributed by atoms with Gasteiger partial charge in [0.15, 0.2) is 0 Å². The standard InChI is InChI=1S/C13H28N2O2S/c1-6-9-11(14-8-3)12(7-2)18(17)10-13(16)15(4)5/h11-12,14H,6-10H2,1-5H3. The van der Waals surface area contributed by atoms with Gasteiger partial charge in [0.25, 0.3) is 0 Å². The minimum atomic E-state index is -1.10. The van der Waals surface area contributed by atoms with E-state index < -0.39 is 10.8 Å². The summed E-state index contributed by atoms with van der Waals surface area (Å²) < 4.78 is 12.3. The molecule has 0 spiro atoms. The Morgan fingerprint density at radius 2 is 1.89 bits per heavy atom. The molecule has 3 atom stereocenters. The van der Waals surface area contributed by atoms with Gasteiger partial charge in [-0.05, 0) is 19.4 Å². The smallest absolute Gasteiger partial charge is 0.234 e. The summed E-state index contributed by atoms with van der Waals surface area (Å²) in [6.45, 7) is 7.11. The van der Waals surface area contributed by atoms with Crippen molar-refractivity contribution in [2.75, 3.05) is 26.4 Å². The van der Waals surface area contributed by atoms with Crippen LogP contribution in [0.25, 0.3) is 0 Å². The average molecular weight is 276 g/mol. The molecular weight excluding hydrogens is 248 g/mol. The summed E-state index contributed by atoms with van der Waals surface area (Å²) in [5.41, 5.74) is 0. The maximum absolute atomic E-state index is 12.3. The summed E-state index contributed by atoms with van der Waals surface area (Å²) in [5, 5.41) is 3.46. The molecule has 0 saturated carbocycles. The summed E-state index contributed by atoms with van der Waals surface area (Å²) in [6, 6.07) is 0.251. The monoisotopic (exact) mass is 276 g/mol. The maximum atomic E-state index is 12.3. The topological polar surface area (TPSA) is 49.4 Å². The Kier molecular flexibility index (Phi) is 9.28. The number of nitrogens with one attached hydrogen (secondary N) is 1. The highest BCUT2D eigenvalue weighted by Crippen LogP contribution is 2.13. The van der Waals surface area contributed by atoms with Gasteiger partial charge in [-0.3, -0.25) is 9.00 Å². The Morgan fingerprint density at radius 3 is 2.28 bits per heavy atom. The Labute approximate surface area is 114 Å². The van der Waals surface area contributed by atoms with Crippen molar-refractivity contribution in [3.8, 4) is 0 Å². The molecule has 0 aromatic carbocycles. The molecular formula is C13H28N2O2S. The predicted molar refractivity (Wildman–Crippen MR) is 78.2 cm³/mol. The summed E-state index contributed by atoms with van der Waals surface area (Å²) >= 11 is 0. The van der Waals surface area contributed by atoms with Crippen molar-refractivity contribution in [1.29, 1.82) is 0 Å². The molecule has 0 rings (SSSR count). The molecule has 108 valence electrons. The fourth-order valence-electron chi connectivity index (χ4n) is 2.00. The van der Waals surface area contributed by atoms with E-state index in [0.717, 1.165) is 25.8 Å². The van der Waals surface area contributed by atoms with Gasteiger partial charge in [0.05, 0.1) is 5.25 Å². The quantitative estimate of drug-likeness (QED) is 0.692. The minimum Gasteiger partial charge on any atom is -0.348 e. The van der Waals surface area contributed by atoms with Crippen LogP contribution in [0.2, 0.25) is 0 Å². The van der Waals surface area contributed by atoms with Crippen molar-refractivity contribution in [2.24, 2.45) is 0 Å². The first-order valence-corrected chi connectivity index (χ1v) is 8.16. The van der Waals surface area contributed by atoms with Gasteiger partial charge < -0.3 is 10.2 Å². The van der Waals surface area contributed by atoms with Crippen molar-refractivity contribution < 1.29 is 9.00 Å². The fraction of sp³-hybridized carbons (Fsp3) is 0.923. The Bertz CT molecular complexity index is 264. The molecule has 3 unspecified atom stereocenters. The number of hydrogen-bond donors (Lipinski definition) is 1. The minimum absolute atomic E-state index is 0.0569. The summed E-state index contributed by atoms with van der Waals surface area (Å²) in [7, 11) is 2.31. The molecule has 0 heterocycles. The molecule has 0 saturated heterocycles. The first-order valence-electron chi connectivity index (χ1n) is 6.78. The normalized spacial score (nSPS) is 16.1. The van der Waals surface area contributed by atoms with Crippen molar-refractivity contribution in [1.82, 2.24) is 10.2 Å². The third-order valence-corrected chi connectivity index (χ3v) is 4.89. The van der Waals surface area contributed by atoms with E-state index in [9.17, 15) is 9.00 Å². The van der Waals surface area contributed by atoms with Gasteiger partial charge in [-0.2, -0.15) is 0 Å².